The summed E-state index contributed by atoms with van der Waals surface area (Å²) >= 11 is 0.659. The van der Waals surface area contributed by atoms with Gasteiger partial charge in [0.1, 0.15) is 0 Å². The van der Waals surface area contributed by atoms with E-state index in [1.165, 1.54) is 17.3 Å². The topological polar surface area (TPSA) is 50.9 Å². The van der Waals surface area contributed by atoms with Gasteiger partial charge in [-0.25, -0.2) is 4.98 Å². The number of nitrogens with one attached hydrogen (secondary N) is 1. The van der Waals surface area contributed by atoms with E-state index in [2.05, 4.69) is 22.5 Å². The molecule has 1 aliphatic carbocycles. The number of hydrogen-bond acceptors (Lipinski definition) is 4. The molecule has 3 rings (SSSR count). The molecule has 21 heavy (non-hydrogen) atoms. The molecule has 0 saturated carbocycles. The van der Waals surface area contributed by atoms with Gasteiger partial charge in [-0.15, -0.1) is 11.3 Å². The van der Waals surface area contributed by atoms with E-state index in [4.69, 9.17) is 5.84 Å². The zero-order chi connectivity index (χ0) is 15.0. The van der Waals surface area contributed by atoms with Gasteiger partial charge in [-0.3, -0.25) is 11.3 Å². The third-order valence-electron chi connectivity index (χ3n) is 3.81. The maximum atomic E-state index is 12.7. The van der Waals surface area contributed by atoms with Crippen LogP contribution in [0, 0.1) is 5.92 Å². The summed E-state index contributed by atoms with van der Waals surface area (Å²) in [6, 6.07) is 7.74. The summed E-state index contributed by atoms with van der Waals surface area (Å²) in [6.07, 6.45) is -1.50. The number of nitrogens with two attached hydrogens (primary N) is 1. The Balaban J connectivity index is 1.82. The molecule has 0 radical (unpaired) electrons. The SMILES string of the molecule is NNC(c1cnc(C(F)(F)F)s1)C1Cc2ccccc2C1. The monoisotopic (exact) mass is 313 g/mol. The highest BCUT2D eigenvalue weighted by atomic mass is 32.1. The highest BCUT2D eigenvalue weighted by Gasteiger charge is 2.37. The molecule has 0 aliphatic heterocycles. The van der Waals surface area contributed by atoms with E-state index in [0.717, 1.165) is 12.8 Å². The summed E-state index contributed by atoms with van der Waals surface area (Å²) in [5.74, 6) is 5.73. The smallest absolute Gasteiger partial charge is 0.271 e. The third-order valence-corrected chi connectivity index (χ3v) is 4.93. The van der Waals surface area contributed by atoms with E-state index in [0.29, 0.717) is 16.2 Å². The minimum Gasteiger partial charge on any atom is -0.271 e. The molecule has 1 atom stereocenters. The van der Waals surface area contributed by atoms with E-state index in [-0.39, 0.29) is 12.0 Å². The van der Waals surface area contributed by atoms with Crippen LogP contribution in [0.2, 0.25) is 0 Å². The van der Waals surface area contributed by atoms with Crippen molar-refractivity contribution >= 4 is 11.3 Å². The molecule has 2 aromatic rings. The Morgan fingerprint density at radius 2 is 1.86 bits per heavy atom. The minimum absolute atomic E-state index is 0.147. The summed E-state index contributed by atoms with van der Waals surface area (Å²) in [5.41, 5.74) is 5.14. The number of fused-ring (bicyclic) bond motifs is 1. The second-order valence-electron chi connectivity index (χ2n) is 5.15. The van der Waals surface area contributed by atoms with Crippen molar-refractivity contribution in [3.8, 4) is 0 Å². The Kier molecular flexibility index (Phi) is 3.73. The normalized spacial score (nSPS) is 17.0. The quantitative estimate of drug-likeness (QED) is 0.676. The van der Waals surface area contributed by atoms with Crippen molar-refractivity contribution in [1.82, 2.24) is 10.4 Å². The maximum Gasteiger partial charge on any atom is 0.443 e. The molecule has 1 aliphatic rings. The van der Waals surface area contributed by atoms with Crippen molar-refractivity contribution < 1.29 is 13.2 Å². The zero-order valence-corrected chi connectivity index (χ0v) is 11.8. The fraction of sp³-hybridized carbons (Fsp3) is 0.357. The van der Waals surface area contributed by atoms with Crippen LogP contribution in [0.15, 0.2) is 30.5 Å². The van der Waals surface area contributed by atoms with Gasteiger partial charge in [-0.2, -0.15) is 13.2 Å². The molecule has 3 N–H and O–H groups in total. The van der Waals surface area contributed by atoms with Gasteiger partial charge in [-0.1, -0.05) is 24.3 Å². The molecule has 0 saturated heterocycles. The first-order chi connectivity index (χ1) is 9.99. The summed E-state index contributed by atoms with van der Waals surface area (Å²) in [6.45, 7) is 0. The Bertz CT molecular complexity index is 613. The molecule has 1 unspecified atom stereocenters. The number of nitrogens with zero attached hydrogens (tertiary/aromatic N) is 1. The number of thiazole rings is 1. The second kappa shape index (κ2) is 5.40. The number of rotatable bonds is 3. The molecule has 1 aromatic carbocycles. The van der Waals surface area contributed by atoms with Gasteiger partial charge in [0, 0.05) is 11.1 Å². The fourth-order valence-corrected chi connectivity index (χ4v) is 3.78. The van der Waals surface area contributed by atoms with Crippen LogP contribution in [0.25, 0.3) is 0 Å². The van der Waals surface area contributed by atoms with Gasteiger partial charge in [0.25, 0.3) is 0 Å². The van der Waals surface area contributed by atoms with Gasteiger partial charge in [0.15, 0.2) is 5.01 Å². The summed E-state index contributed by atoms with van der Waals surface area (Å²) in [4.78, 5) is 4.01. The van der Waals surface area contributed by atoms with Crippen molar-refractivity contribution in [3.63, 3.8) is 0 Å². The first-order valence-electron chi connectivity index (χ1n) is 6.55. The molecule has 7 heteroatoms. The van der Waals surface area contributed by atoms with Crippen LogP contribution in [0.4, 0.5) is 13.2 Å². The molecule has 0 bridgehead atoms. The van der Waals surface area contributed by atoms with E-state index in [1.54, 1.807) is 0 Å². The Labute approximate surface area is 124 Å². The van der Waals surface area contributed by atoms with Crippen LogP contribution in [0.5, 0.6) is 0 Å². The summed E-state index contributed by atoms with van der Waals surface area (Å²) in [5, 5.41) is -0.826. The van der Waals surface area contributed by atoms with Crippen molar-refractivity contribution in [2.24, 2.45) is 11.8 Å². The highest BCUT2D eigenvalue weighted by Crippen LogP contribution is 2.39. The van der Waals surface area contributed by atoms with Crippen LogP contribution >= 0.6 is 11.3 Å². The third kappa shape index (κ3) is 2.81. The van der Waals surface area contributed by atoms with E-state index in [1.807, 2.05) is 12.1 Å². The largest absolute Gasteiger partial charge is 0.443 e. The first kappa shape index (κ1) is 14.5. The second-order valence-corrected chi connectivity index (χ2v) is 6.21. The van der Waals surface area contributed by atoms with Crippen molar-refractivity contribution in [2.75, 3.05) is 0 Å². The van der Waals surface area contributed by atoms with Gasteiger partial charge >= 0.3 is 6.18 Å². The summed E-state index contributed by atoms with van der Waals surface area (Å²) < 4.78 is 38.0. The molecular formula is C14H14F3N3S. The predicted molar refractivity (Wildman–Crippen MR) is 74.5 cm³/mol. The lowest BCUT2D eigenvalue weighted by Gasteiger charge is -2.20. The van der Waals surface area contributed by atoms with Gasteiger partial charge in [-0.05, 0) is 29.9 Å². The number of halogens is 3. The van der Waals surface area contributed by atoms with Crippen LogP contribution in [-0.4, -0.2) is 4.98 Å². The number of aromatic nitrogens is 1. The van der Waals surface area contributed by atoms with Crippen LogP contribution in [0.3, 0.4) is 0 Å². The number of benzene rings is 1. The Morgan fingerprint density at radius 3 is 2.33 bits per heavy atom. The molecule has 112 valence electrons. The lowest BCUT2D eigenvalue weighted by molar-refractivity contribution is -0.137. The number of hydrogen-bond donors (Lipinski definition) is 2. The van der Waals surface area contributed by atoms with Gasteiger partial charge in [0.05, 0.1) is 6.04 Å². The van der Waals surface area contributed by atoms with Crippen LogP contribution < -0.4 is 11.3 Å². The van der Waals surface area contributed by atoms with Crippen molar-refractivity contribution in [3.05, 3.63) is 51.5 Å². The average molecular weight is 313 g/mol. The Hall–Kier alpha value is -1.44. The number of hydrazine groups is 1. The standard InChI is InChI=1S/C14H14F3N3S/c15-14(16,17)13-19-7-11(21-13)12(20-18)10-5-8-3-1-2-4-9(8)6-10/h1-4,7,10,12,20H,5-6,18H2. The van der Waals surface area contributed by atoms with Gasteiger partial charge < -0.3 is 0 Å². The zero-order valence-electron chi connectivity index (χ0n) is 11.0. The minimum atomic E-state index is -4.40. The predicted octanol–water partition coefficient (Wildman–Crippen LogP) is 3.08. The Morgan fingerprint density at radius 1 is 1.24 bits per heavy atom. The molecule has 3 nitrogen and oxygen atoms in total. The molecule has 0 spiro atoms. The molecule has 0 amide bonds. The maximum absolute atomic E-state index is 12.7. The lowest BCUT2D eigenvalue weighted by atomic mass is 9.96. The molecular weight excluding hydrogens is 299 g/mol. The summed E-state index contributed by atoms with van der Waals surface area (Å²) in [7, 11) is 0. The average Bonchev–Trinajstić information content (AvgIpc) is 3.05. The van der Waals surface area contributed by atoms with E-state index >= 15 is 0 Å². The molecule has 1 aromatic heterocycles. The lowest BCUT2D eigenvalue weighted by Crippen LogP contribution is -2.33. The fourth-order valence-electron chi connectivity index (χ4n) is 2.84. The van der Waals surface area contributed by atoms with E-state index < -0.39 is 11.2 Å². The highest BCUT2D eigenvalue weighted by molar-refractivity contribution is 7.11. The van der Waals surface area contributed by atoms with Crippen molar-refractivity contribution in [2.45, 2.75) is 25.1 Å². The molecule has 1 heterocycles. The van der Waals surface area contributed by atoms with Crippen LogP contribution in [-0.2, 0) is 19.0 Å². The van der Waals surface area contributed by atoms with E-state index in [9.17, 15) is 13.2 Å². The number of alkyl halides is 3. The first-order valence-corrected chi connectivity index (χ1v) is 7.36. The van der Waals surface area contributed by atoms with Crippen LogP contribution in [0.1, 0.15) is 27.1 Å². The van der Waals surface area contributed by atoms with Crippen molar-refractivity contribution in [1.29, 1.82) is 0 Å². The van der Waals surface area contributed by atoms with Gasteiger partial charge in [0.2, 0.25) is 0 Å². The molecule has 0 fully saturated rings.